The van der Waals surface area contributed by atoms with E-state index < -0.39 is 10.0 Å². The van der Waals surface area contributed by atoms with Gasteiger partial charge in [0.05, 0.1) is 11.1 Å². The lowest BCUT2D eigenvalue weighted by Gasteiger charge is -2.07. The number of rotatable bonds is 7. The van der Waals surface area contributed by atoms with Crippen molar-refractivity contribution in [3.63, 3.8) is 0 Å². The summed E-state index contributed by atoms with van der Waals surface area (Å²) in [5, 5.41) is 15.4. The molecule has 0 spiro atoms. The average molecular weight is 309 g/mol. The lowest BCUT2D eigenvalue weighted by molar-refractivity contribution is 0.288. The number of H-pyrrole nitrogens is 1. The molecule has 0 saturated heterocycles. The Bertz CT molecular complexity index is 678. The highest BCUT2D eigenvalue weighted by Gasteiger charge is 2.14. The molecule has 2 rings (SSSR count). The molecule has 0 aliphatic heterocycles. The third-order valence-electron chi connectivity index (χ3n) is 3.24. The van der Waals surface area contributed by atoms with Crippen molar-refractivity contribution in [2.75, 3.05) is 6.61 Å². The van der Waals surface area contributed by atoms with Crippen molar-refractivity contribution in [2.24, 2.45) is 0 Å². The fourth-order valence-electron chi connectivity index (χ4n) is 1.93. The van der Waals surface area contributed by atoms with E-state index in [0.717, 1.165) is 23.2 Å². The van der Waals surface area contributed by atoms with Crippen LogP contribution in [0.1, 0.15) is 23.2 Å². The lowest BCUT2D eigenvalue weighted by atomic mass is 10.1. The van der Waals surface area contributed by atoms with Crippen molar-refractivity contribution in [2.45, 2.75) is 31.2 Å². The van der Waals surface area contributed by atoms with E-state index in [9.17, 15) is 8.42 Å². The van der Waals surface area contributed by atoms with Crippen LogP contribution in [0.4, 0.5) is 0 Å². The Morgan fingerprint density at radius 3 is 2.57 bits per heavy atom. The molecule has 1 aromatic heterocycles. The minimum Gasteiger partial charge on any atom is -0.396 e. The number of sulfonamides is 1. The van der Waals surface area contributed by atoms with Crippen molar-refractivity contribution in [1.82, 2.24) is 14.9 Å². The molecule has 7 heteroatoms. The van der Waals surface area contributed by atoms with E-state index >= 15 is 0 Å². The number of aryl methyl sites for hydroxylation is 2. The Morgan fingerprint density at radius 1 is 1.29 bits per heavy atom. The predicted octanol–water partition coefficient (Wildman–Crippen LogP) is 1.12. The fourth-order valence-corrected chi connectivity index (χ4v) is 2.93. The second kappa shape index (κ2) is 6.84. The first kappa shape index (κ1) is 15.7. The van der Waals surface area contributed by atoms with Gasteiger partial charge in [-0.25, -0.2) is 13.1 Å². The molecule has 0 amide bonds. The maximum Gasteiger partial charge on any atom is 0.240 e. The summed E-state index contributed by atoms with van der Waals surface area (Å²) in [6.07, 6.45) is 3.01. The number of aliphatic hydroxyl groups excluding tert-OH is 1. The molecule has 6 nitrogen and oxygen atoms in total. The predicted molar refractivity (Wildman–Crippen MR) is 79.2 cm³/mol. The summed E-state index contributed by atoms with van der Waals surface area (Å²) >= 11 is 0. The summed E-state index contributed by atoms with van der Waals surface area (Å²) in [7, 11) is -3.53. The lowest BCUT2D eigenvalue weighted by Crippen LogP contribution is -2.23. The zero-order valence-corrected chi connectivity index (χ0v) is 12.7. The number of nitrogens with one attached hydrogen (secondary N) is 2. The molecule has 0 aliphatic carbocycles. The first-order valence-electron chi connectivity index (χ1n) is 6.71. The SMILES string of the molecule is Cc1[nH]ncc1CNS(=O)(=O)c1ccc(CCCO)cc1. The number of nitrogens with zero attached hydrogens (tertiary/aromatic N) is 1. The topological polar surface area (TPSA) is 95.1 Å². The van der Waals surface area contributed by atoms with E-state index in [1.165, 1.54) is 0 Å². The second-order valence-corrected chi connectivity index (χ2v) is 6.58. The van der Waals surface area contributed by atoms with Crippen molar-refractivity contribution in [1.29, 1.82) is 0 Å². The Morgan fingerprint density at radius 2 is 2.00 bits per heavy atom. The van der Waals surface area contributed by atoms with E-state index in [1.54, 1.807) is 30.5 Å². The third-order valence-corrected chi connectivity index (χ3v) is 4.66. The average Bonchev–Trinajstić information content (AvgIpc) is 2.89. The number of aromatic amines is 1. The van der Waals surface area contributed by atoms with Gasteiger partial charge in [-0.3, -0.25) is 5.10 Å². The van der Waals surface area contributed by atoms with E-state index in [2.05, 4.69) is 14.9 Å². The molecule has 0 aliphatic rings. The van der Waals surface area contributed by atoms with Crippen molar-refractivity contribution in [3.05, 3.63) is 47.3 Å². The van der Waals surface area contributed by atoms with Gasteiger partial charge in [0.1, 0.15) is 0 Å². The minimum absolute atomic E-state index is 0.131. The van der Waals surface area contributed by atoms with E-state index in [4.69, 9.17) is 5.11 Å². The molecule has 1 heterocycles. The monoisotopic (exact) mass is 309 g/mol. The first-order valence-corrected chi connectivity index (χ1v) is 8.19. The summed E-state index contributed by atoms with van der Waals surface area (Å²) in [5.41, 5.74) is 2.67. The van der Waals surface area contributed by atoms with Gasteiger partial charge in [0, 0.05) is 24.4 Å². The zero-order valence-electron chi connectivity index (χ0n) is 11.8. The van der Waals surface area contributed by atoms with Crippen molar-refractivity contribution < 1.29 is 13.5 Å². The van der Waals surface area contributed by atoms with Gasteiger partial charge < -0.3 is 5.11 Å². The highest BCUT2D eigenvalue weighted by Crippen LogP contribution is 2.13. The summed E-state index contributed by atoms with van der Waals surface area (Å²) in [6.45, 7) is 2.18. The maximum atomic E-state index is 12.2. The number of aromatic nitrogens is 2. The van der Waals surface area contributed by atoms with Gasteiger partial charge in [-0.1, -0.05) is 12.1 Å². The van der Waals surface area contributed by atoms with Crippen molar-refractivity contribution >= 4 is 10.0 Å². The van der Waals surface area contributed by atoms with E-state index in [0.29, 0.717) is 6.42 Å². The standard InChI is InChI=1S/C14H19N3O3S/c1-11-13(9-15-17-11)10-16-21(19,20)14-6-4-12(5-7-14)3-2-8-18/h4-7,9,16,18H,2-3,8,10H2,1H3,(H,15,17). The van der Waals surface area contributed by atoms with Crippen LogP contribution in [-0.4, -0.2) is 30.3 Å². The Balaban J connectivity index is 2.03. The van der Waals surface area contributed by atoms with Crippen LogP contribution < -0.4 is 4.72 Å². The van der Waals surface area contributed by atoms with Crippen LogP contribution >= 0.6 is 0 Å². The van der Waals surface area contributed by atoms with Crippen LogP contribution in [0.3, 0.4) is 0 Å². The Labute approximate surface area is 124 Å². The fraction of sp³-hybridized carbons (Fsp3) is 0.357. The smallest absolute Gasteiger partial charge is 0.240 e. The second-order valence-electron chi connectivity index (χ2n) is 4.82. The van der Waals surface area contributed by atoms with Crippen LogP contribution in [-0.2, 0) is 23.0 Å². The zero-order chi connectivity index (χ0) is 15.3. The molecule has 0 saturated carbocycles. The number of benzene rings is 1. The molecular formula is C14H19N3O3S. The summed E-state index contributed by atoms with van der Waals surface area (Å²) in [4.78, 5) is 0.233. The van der Waals surface area contributed by atoms with Gasteiger partial charge >= 0.3 is 0 Å². The molecule has 0 atom stereocenters. The number of hydrogen-bond donors (Lipinski definition) is 3. The van der Waals surface area contributed by atoms with Crippen LogP contribution in [0.2, 0.25) is 0 Å². The maximum absolute atomic E-state index is 12.2. The van der Waals surface area contributed by atoms with Gasteiger partial charge in [0.15, 0.2) is 0 Å². The van der Waals surface area contributed by atoms with Gasteiger partial charge in [-0.05, 0) is 37.5 Å². The third kappa shape index (κ3) is 4.13. The summed E-state index contributed by atoms with van der Waals surface area (Å²) < 4.78 is 26.9. The molecular weight excluding hydrogens is 290 g/mol. The van der Waals surface area contributed by atoms with Gasteiger partial charge in [-0.15, -0.1) is 0 Å². The van der Waals surface area contributed by atoms with Crippen LogP contribution in [0.15, 0.2) is 35.4 Å². The van der Waals surface area contributed by atoms with E-state index in [-0.39, 0.29) is 18.0 Å². The molecule has 0 unspecified atom stereocenters. The van der Waals surface area contributed by atoms with Gasteiger partial charge in [-0.2, -0.15) is 5.10 Å². The normalized spacial score (nSPS) is 11.7. The molecule has 3 N–H and O–H groups in total. The summed E-state index contributed by atoms with van der Waals surface area (Å²) in [6, 6.07) is 6.70. The molecule has 0 fully saturated rings. The minimum atomic E-state index is -3.53. The van der Waals surface area contributed by atoms with Gasteiger partial charge in [0.2, 0.25) is 10.0 Å². The largest absolute Gasteiger partial charge is 0.396 e. The highest BCUT2D eigenvalue weighted by atomic mass is 32.2. The van der Waals surface area contributed by atoms with Crippen LogP contribution in [0.5, 0.6) is 0 Å². The number of aliphatic hydroxyl groups is 1. The number of hydrogen-bond acceptors (Lipinski definition) is 4. The molecule has 1 aromatic carbocycles. The Kier molecular flexibility index (Phi) is 5.11. The summed E-state index contributed by atoms with van der Waals surface area (Å²) in [5.74, 6) is 0. The molecule has 21 heavy (non-hydrogen) atoms. The quantitative estimate of drug-likeness (QED) is 0.714. The molecule has 0 radical (unpaired) electrons. The molecule has 0 bridgehead atoms. The Hall–Kier alpha value is -1.70. The van der Waals surface area contributed by atoms with Gasteiger partial charge in [0.25, 0.3) is 0 Å². The van der Waals surface area contributed by atoms with Crippen molar-refractivity contribution in [3.8, 4) is 0 Å². The first-order chi connectivity index (χ1) is 10.0. The molecule has 114 valence electrons. The highest BCUT2D eigenvalue weighted by molar-refractivity contribution is 7.89. The van der Waals surface area contributed by atoms with Crippen LogP contribution in [0, 0.1) is 6.92 Å². The van der Waals surface area contributed by atoms with Crippen LogP contribution in [0.25, 0.3) is 0 Å². The van der Waals surface area contributed by atoms with E-state index in [1.807, 2.05) is 6.92 Å². The molecule has 2 aromatic rings.